The molecule has 0 bridgehead atoms. The van der Waals surface area contributed by atoms with Crippen LogP contribution in [0, 0.1) is 0 Å². The molecule has 0 heterocycles. The number of nitrogen functional groups attached to an aromatic ring is 1. The van der Waals surface area contributed by atoms with Crippen molar-refractivity contribution in [2.45, 2.75) is 20.4 Å². The van der Waals surface area contributed by atoms with Gasteiger partial charge in [-0.25, -0.2) is 8.42 Å². The molecule has 0 spiro atoms. The second-order valence-corrected chi connectivity index (χ2v) is 10.5. The Morgan fingerprint density at radius 1 is 1.12 bits per heavy atom. The minimum absolute atomic E-state index is 0.0800. The summed E-state index contributed by atoms with van der Waals surface area (Å²) < 4.78 is 54.8. The van der Waals surface area contributed by atoms with Crippen LogP contribution in [0.15, 0.2) is 58.3 Å². The highest BCUT2D eigenvalue weighted by molar-refractivity contribution is 9.11. The molecule has 0 aliphatic rings. The Hall–Kier alpha value is -1.95. The summed E-state index contributed by atoms with van der Waals surface area (Å²) in [6.07, 6.45) is -0.378. The zero-order chi connectivity index (χ0) is 19.5. The normalized spacial score (nSPS) is 13.2. The van der Waals surface area contributed by atoms with Gasteiger partial charge in [-0.05, 0) is 30.3 Å². The van der Waals surface area contributed by atoms with Gasteiger partial charge in [0.15, 0.2) is 9.84 Å². The Kier molecular flexibility index (Phi) is 6.06. The Labute approximate surface area is 159 Å². The molecule has 1 unspecified atom stereocenters. The standard InChI is InChI=1S/C15H15BrN2O6S2/c16-14(25(20,21)11-4-2-1-3-5-11)9-15(19)18-10-6-7-13(12(17)8-10)26(22,23)24/h1-8,14H,9,17H2,(H,18,19)(H,22,23,24). The first kappa shape index (κ1) is 20.4. The van der Waals surface area contributed by atoms with Crippen LogP contribution in [0.1, 0.15) is 6.42 Å². The molecule has 2 rings (SSSR count). The van der Waals surface area contributed by atoms with Crippen molar-refractivity contribution in [1.29, 1.82) is 0 Å². The largest absolute Gasteiger partial charge is 0.398 e. The fourth-order valence-electron chi connectivity index (χ4n) is 2.09. The Morgan fingerprint density at radius 2 is 1.73 bits per heavy atom. The summed E-state index contributed by atoms with van der Waals surface area (Å²) in [6.45, 7) is 0. The molecule has 0 saturated heterocycles. The number of carbonyl (C=O) groups excluding carboxylic acids is 1. The summed E-state index contributed by atoms with van der Waals surface area (Å²) in [7, 11) is -8.21. The lowest BCUT2D eigenvalue weighted by atomic mass is 10.2. The Bertz CT molecular complexity index is 1020. The minimum atomic E-state index is -4.47. The van der Waals surface area contributed by atoms with Gasteiger partial charge in [-0.3, -0.25) is 9.35 Å². The van der Waals surface area contributed by atoms with Gasteiger partial charge in [0.05, 0.1) is 17.0 Å². The molecule has 8 nitrogen and oxygen atoms in total. The molecule has 4 N–H and O–H groups in total. The van der Waals surface area contributed by atoms with E-state index in [1.165, 1.54) is 18.2 Å². The van der Waals surface area contributed by atoms with Gasteiger partial charge in [0.1, 0.15) is 9.05 Å². The molecule has 0 saturated carbocycles. The number of amides is 1. The van der Waals surface area contributed by atoms with Gasteiger partial charge in [0.2, 0.25) is 5.91 Å². The van der Waals surface area contributed by atoms with Crippen molar-refractivity contribution in [2.75, 3.05) is 11.1 Å². The summed E-state index contributed by atoms with van der Waals surface area (Å²) in [6, 6.07) is 11.1. The van der Waals surface area contributed by atoms with Crippen molar-refractivity contribution < 1.29 is 26.2 Å². The van der Waals surface area contributed by atoms with E-state index in [1.54, 1.807) is 18.2 Å². The molecule has 0 aliphatic carbocycles. The highest BCUT2D eigenvalue weighted by Gasteiger charge is 2.27. The molecule has 1 atom stereocenters. The van der Waals surface area contributed by atoms with Gasteiger partial charge in [-0.1, -0.05) is 34.1 Å². The van der Waals surface area contributed by atoms with E-state index in [2.05, 4.69) is 21.2 Å². The third-order valence-electron chi connectivity index (χ3n) is 3.33. The molecule has 1 amide bonds. The summed E-state index contributed by atoms with van der Waals surface area (Å²) in [5.41, 5.74) is 5.45. The van der Waals surface area contributed by atoms with Crippen LogP contribution in [0.4, 0.5) is 11.4 Å². The van der Waals surface area contributed by atoms with Gasteiger partial charge in [-0.2, -0.15) is 8.42 Å². The molecule has 0 aliphatic heterocycles. The average molecular weight is 463 g/mol. The minimum Gasteiger partial charge on any atom is -0.398 e. The van der Waals surface area contributed by atoms with Crippen molar-refractivity contribution in [1.82, 2.24) is 0 Å². The van der Waals surface area contributed by atoms with Gasteiger partial charge in [-0.15, -0.1) is 0 Å². The van der Waals surface area contributed by atoms with Gasteiger partial charge in [0.25, 0.3) is 10.1 Å². The van der Waals surface area contributed by atoms with Crippen molar-refractivity contribution in [3.63, 3.8) is 0 Å². The number of hydrogen-bond donors (Lipinski definition) is 3. The molecular formula is C15H15BrN2O6S2. The van der Waals surface area contributed by atoms with E-state index < -0.39 is 34.9 Å². The van der Waals surface area contributed by atoms with Crippen molar-refractivity contribution in [3.05, 3.63) is 48.5 Å². The van der Waals surface area contributed by atoms with Crippen LogP contribution >= 0.6 is 15.9 Å². The fourth-order valence-corrected chi connectivity index (χ4v) is 4.83. The van der Waals surface area contributed by atoms with Crippen LogP contribution in [-0.4, -0.2) is 31.5 Å². The first-order valence-corrected chi connectivity index (χ1v) is 11.0. The molecule has 0 aromatic heterocycles. The number of halogens is 1. The summed E-state index contributed by atoms with van der Waals surface area (Å²) >= 11 is 3.02. The lowest BCUT2D eigenvalue weighted by Gasteiger charge is -2.12. The van der Waals surface area contributed by atoms with Crippen molar-refractivity contribution in [3.8, 4) is 0 Å². The molecule has 0 radical (unpaired) electrons. The summed E-state index contributed by atoms with van der Waals surface area (Å²) in [4.78, 5) is 11.7. The van der Waals surface area contributed by atoms with E-state index in [-0.39, 0.29) is 22.7 Å². The Balaban J connectivity index is 2.10. The molecule has 140 valence electrons. The number of benzene rings is 2. The Morgan fingerprint density at radius 3 is 2.27 bits per heavy atom. The van der Waals surface area contributed by atoms with E-state index >= 15 is 0 Å². The number of carbonyl (C=O) groups is 1. The van der Waals surface area contributed by atoms with Crippen molar-refractivity contribution in [2.24, 2.45) is 0 Å². The number of alkyl halides is 1. The lowest BCUT2D eigenvalue weighted by Crippen LogP contribution is -2.23. The van der Waals surface area contributed by atoms with Crippen LogP contribution in [-0.2, 0) is 24.7 Å². The molecule has 2 aromatic rings. The molecule has 26 heavy (non-hydrogen) atoms. The van der Waals surface area contributed by atoms with E-state index in [4.69, 9.17) is 10.3 Å². The zero-order valence-electron chi connectivity index (χ0n) is 13.2. The highest BCUT2D eigenvalue weighted by Crippen LogP contribution is 2.25. The van der Waals surface area contributed by atoms with Gasteiger partial charge >= 0.3 is 0 Å². The maximum absolute atomic E-state index is 12.4. The van der Waals surface area contributed by atoms with Gasteiger partial charge < -0.3 is 11.1 Å². The number of sulfone groups is 1. The first-order chi connectivity index (χ1) is 12.0. The zero-order valence-corrected chi connectivity index (χ0v) is 16.4. The SMILES string of the molecule is Nc1cc(NC(=O)CC(Br)S(=O)(=O)c2ccccc2)ccc1S(=O)(=O)O. The average Bonchev–Trinajstić information content (AvgIpc) is 2.54. The van der Waals surface area contributed by atoms with E-state index in [1.807, 2.05) is 0 Å². The second-order valence-electron chi connectivity index (χ2n) is 5.25. The lowest BCUT2D eigenvalue weighted by molar-refractivity contribution is -0.115. The first-order valence-electron chi connectivity index (χ1n) is 7.11. The number of anilines is 2. The molecule has 0 fully saturated rings. The van der Waals surface area contributed by atoms with Crippen LogP contribution in [0.5, 0.6) is 0 Å². The van der Waals surface area contributed by atoms with Crippen LogP contribution in [0.25, 0.3) is 0 Å². The number of nitrogens with one attached hydrogen (secondary N) is 1. The van der Waals surface area contributed by atoms with Crippen LogP contribution < -0.4 is 11.1 Å². The topological polar surface area (TPSA) is 144 Å². The maximum Gasteiger partial charge on any atom is 0.296 e. The number of nitrogens with two attached hydrogens (primary N) is 1. The van der Waals surface area contributed by atoms with E-state index in [0.29, 0.717) is 0 Å². The quantitative estimate of drug-likeness (QED) is 0.338. The monoisotopic (exact) mass is 462 g/mol. The fraction of sp³-hybridized carbons (Fsp3) is 0.133. The predicted molar refractivity (Wildman–Crippen MR) is 100 cm³/mol. The number of rotatable bonds is 6. The highest BCUT2D eigenvalue weighted by atomic mass is 79.9. The van der Waals surface area contributed by atoms with Crippen LogP contribution in [0.2, 0.25) is 0 Å². The van der Waals surface area contributed by atoms with Crippen molar-refractivity contribution >= 4 is 53.2 Å². The molecular weight excluding hydrogens is 448 g/mol. The number of hydrogen-bond acceptors (Lipinski definition) is 6. The van der Waals surface area contributed by atoms with E-state index in [0.717, 1.165) is 12.1 Å². The molecule has 2 aromatic carbocycles. The third kappa shape index (κ3) is 4.81. The van der Waals surface area contributed by atoms with E-state index in [9.17, 15) is 21.6 Å². The molecule has 11 heteroatoms. The third-order valence-corrected chi connectivity index (χ3v) is 7.82. The summed E-state index contributed by atoms with van der Waals surface area (Å²) in [5, 5.41) is 2.43. The second kappa shape index (κ2) is 7.74. The smallest absolute Gasteiger partial charge is 0.296 e. The predicted octanol–water partition coefficient (Wildman–Crippen LogP) is 2.04. The maximum atomic E-state index is 12.4. The van der Waals surface area contributed by atoms with Gasteiger partial charge in [0, 0.05) is 5.69 Å². The van der Waals surface area contributed by atoms with Crippen LogP contribution in [0.3, 0.4) is 0 Å². The summed E-state index contributed by atoms with van der Waals surface area (Å²) in [5.74, 6) is -0.620.